The molecule has 5 heteroatoms. The molecule has 0 spiro atoms. The number of sulfone groups is 1. The Bertz CT molecular complexity index is 547. The quantitative estimate of drug-likeness (QED) is 0.654. The third-order valence-corrected chi connectivity index (χ3v) is 4.01. The van der Waals surface area contributed by atoms with Crippen molar-refractivity contribution in [3.63, 3.8) is 0 Å². The number of thiocarbonyl (C=S) groups is 1. The molecule has 0 aliphatic heterocycles. The highest BCUT2D eigenvalue weighted by molar-refractivity contribution is 7.90. The van der Waals surface area contributed by atoms with Crippen LogP contribution in [0.4, 0.5) is 0 Å². The van der Waals surface area contributed by atoms with Crippen LogP contribution in [0.2, 0.25) is 0 Å². The van der Waals surface area contributed by atoms with Gasteiger partial charge in [-0.1, -0.05) is 42.6 Å². The Morgan fingerprint density at radius 2 is 2.12 bits per heavy atom. The predicted molar refractivity (Wildman–Crippen MR) is 74.6 cm³/mol. The average molecular weight is 269 g/mol. The summed E-state index contributed by atoms with van der Waals surface area (Å²) in [6.45, 7) is 5.31. The Hall–Kier alpha value is -1.20. The molecule has 0 bridgehead atoms. The van der Waals surface area contributed by atoms with Gasteiger partial charge in [-0.25, -0.2) is 8.42 Å². The summed E-state index contributed by atoms with van der Waals surface area (Å²) in [6.07, 6.45) is 0. The minimum atomic E-state index is -3.16. The second kappa shape index (κ2) is 5.42. The number of hydrogen-bond acceptors (Lipinski definition) is 3. The van der Waals surface area contributed by atoms with E-state index in [1.54, 1.807) is 31.2 Å². The molecule has 0 aliphatic rings. The SMILES string of the molecule is C=C(C)CS(=O)(=O)Cc1cccc(C(N)=S)c1. The van der Waals surface area contributed by atoms with Crippen LogP contribution in [0.25, 0.3) is 0 Å². The van der Waals surface area contributed by atoms with Crippen molar-refractivity contribution in [2.75, 3.05) is 5.75 Å². The molecule has 0 heterocycles. The molecule has 1 rings (SSSR count). The summed E-state index contributed by atoms with van der Waals surface area (Å²) in [5.74, 6) is -0.0133. The Balaban J connectivity index is 2.92. The van der Waals surface area contributed by atoms with Crippen molar-refractivity contribution in [2.45, 2.75) is 12.7 Å². The van der Waals surface area contributed by atoms with E-state index in [4.69, 9.17) is 18.0 Å². The molecule has 0 aliphatic carbocycles. The van der Waals surface area contributed by atoms with Gasteiger partial charge in [0.2, 0.25) is 0 Å². The van der Waals surface area contributed by atoms with Crippen molar-refractivity contribution in [1.82, 2.24) is 0 Å². The highest BCUT2D eigenvalue weighted by atomic mass is 32.2. The van der Waals surface area contributed by atoms with Crippen molar-refractivity contribution in [3.8, 4) is 0 Å². The Kier molecular flexibility index (Phi) is 4.42. The van der Waals surface area contributed by atoms with Gasteiger partial charge in [-0.3, -0.25) is 0 Å². The summed E-state index contributed by atoms with van der Waals surface area (Å²) < 4.78 is 23.5. The fourth-order valence-electron chi connectivity index (χ4n) is 1.49. The van der Waals surface area contributed by atoms with Crippen molar-refractivity contribution < 1.29 is 8.42 Å². The number of rotatable bonds is 5. The number of hydrogen-bond donors (Lipinski definition) is 1. The first kappa shape index (κ1) is 13.9. The van der Waals surface area contributed by atoms with Gasteiger partial charge in [-0.05, 0) is 18.6 Å². The van der Waals surface area contributed by atoms with E-state index in [0.717, 1.165) is 0 Å². The lowest BCUT2D eigenvalue weighted by Gasteiger charge is -2.06. The second-order valence-electron chi connectivity index (χ2n) is 4.05. The van der Waals surface area contributed by atoms with E-state index in [9.17, 15) is 8.42 Å². The molecule has 17 heavy (non-hydrogen) atoms. The van der Waals surface area contributed by atoms with E-state index in [1.807, 2.05) is 0 Å². The highest BCUT2D eigenvalue weighted by Crippen LogP contribution is 2.11. The zero-order valence-electron chi connectivity index (χ0n) is 9.64. The van der Waals surface area contributed by atoms with E-state index >= 15 is 0 Å². The first-order valence-corrected chi connectivity index (χ1v) is 7.27. The van der Waals surface area contributed by atoms with Crippen molar-refractivity contribution in [2.24, 2.45) is 5.73 Å². The standard InChI is InChI=1S/C12H15NO2S2/c1-9(2)7-17(14,15)8-10-4-3-5-11(6-10)12(13)16/h3-6H,1,7-8H2,2H3,(H2,13,16). The lowest BCUT2D eigenvalue weighted by molar-refractivity contribution is 0.597. The van der Waals surface area contributed by atoms with E-state index in [-0.39, 0.29) is 16.5 Å². The molecule has 0 atom stereocenters. The first-order chi connectivity index (χ1) is 7.80. The molecule has 0 saturated heterocycles. The summed E-state index contributed by atoms with van der Waals surface area (Å²) in [6, 6.07) is 6.97. The Labute approximate surface area is 107 Å². The molecule has 0 radical (unpaired) electrons. The first-order valence-electron chi connectivity index (χ1n) is 5.04. The summed E-state index contributed by atoms with van der Waals surface area (Å²) in [4.78, 5) is 0.268. The predicted octanol–water partition coefficient (Wildman–Crippen LogP) is 1.81. The van der Waals surface area contributed by atoms with Gasteiger partial charge in [0.1, 0.15) is 4.99 Å². The third-order valence-electron chi connectivity index (χ3n) is 2.06. The zero-order valence-corrected chi connectivity index (χ0v) is 11.3. The molecular weight excluding hydrogens is 254 g/mol. The van der Waals surface area contributed by atoms with Crippen LogP contribution in [0.15, 0.2) is 36.4 Å². The zero-order chi connectivity index (χ0) is 13.1. The van der Waals surface area contributed by atoms with Gasteiger partial charge >= 0.3 is 0 Å². The molecule has 3 nitrogen and oxygen atoms in total. The van der Waals surface area contributed by atoms with E-state index in [0.29, 0.717) is 16.7 Å². The fourth-order valence-corrected chi connectivity index (χ4v) is 3.16. The molecule has 1 aromatic rings. The maximum Gasteiger partial charge on any atom is 0.158 e. The van der Waals surface area contributed by atoms with Crippen LogP contribution < -0.4 is 5.73 Å². The Morgan fingerprint density at radius 1 is 1.47 bits per heavy atom. The van der Waals surface area contributed by atoms with E-state index < -0.39 is 9.84 Å². The van der Waals surface area contributed by atoms with Crippen LogP contribution in [0.1, 0.15) is 18.1 Å². The molecule has 0 saturated carbocycles. The average Bonchev–Trinajstić information content (AvgIpc) is 2.14. The molecule has 0 fully saturated rings. The summed E-state index contributed by atoms with van der Waals surface area (Å²) in [5.41, 5.74) is 7.50. The van der Waals surface area contributed by atoms with Gasteiger partial charge in [0.25, 0.3) is 0 Å². The van der Waals surface area contributed by atoms with E-state index in [2.05, 4.69) is 6.58 Å². The smallest absolute Gasteiger partial charge is 0.158 e. The third kappa shape index (κ3) is 4.66. The lowest BCUT2D eigenvalue weighted by atomic mass is 10.1. The lowest BCUT2D eigenvalue weighted by Crippen LogP contribution is -2.12. The maximum atomic E-state index is 11.8. The normalized spacial score (nSPS) is 11.1. The molecule has 0 unspecified atom stereocenters. The minimum Gasteiger partial charge on any atom is -0.389 e. The van der Waals surface area contributed by atoms with Crippen LogP contribution in [-0.2, 0) is 15.6 Å². The number of nitrogens with two attached hydrogens (primary N) is 1. The van der Waals surface area contributed by atoms with Crippen LogP contribution in [0.5, 0.6) is 0 Å². The van der Waals surface area contributed by atoms with Crippen molar-refractivity contribution >= 4 is 27.0 Å². The largest absolute Gasteiger partial charge is 0.389 e. The second-order valence-corrected chi connectivity index (χ2v) is 6.56. The number of benzene rings is 1. The molecule has 2 N–H and O–H groups in total. The Morgan fingerprint density at radius 3 is 2.65 bits per heavy atom. The van der Waals surface area contributed by atoms with Crippen LogP contribution in [0.3, 0.4) is 0 Å². The molecule has 0 amide bonds. The van der Waals surface area contributed by atoms with Gasteiger partial charge in [-0.2, -0.15) is 0 Å². The van der Waals surface area contributed by atoms with Crippen molar-refractivity contribution in [3.05, 3.63) is 47.5 Å². The van der Waals surface area contributed by atoms with Crippen LogP contribution in [0, 0.1) is 0 Å². The highest BCUT2D eigenvalue weighted by Gasteiger charge is 2.12. The maximum absolute atomic E-state index is 11.8. The summed E-state index contributed by atoms with van der Waals surface area (Å²) in [7, 11) is -3.16. The van der Waals surface area contributed by atoms with Gasteiger partial charge in [-0.15, -0.1) is 0 Å². The van der Waals surface area contributed by atoms with Crippen molar-refractivity contribution in [1.29, 1.82) is 0 Å². The monoisotopic (exact) mass is 269 g/mol. The molecule has 1 aromatic carbocycles. The minimum absolute atomic E-state index is 0.00426. The van der Waals surface area contributed by atoms with Crippen LogP contribution >= 0.6 is 12.2 Å². The molecular formula is C12H15NO2S2. The van der Waals surface area contributed by atoms with Gasteiger partial charge in [0.15, 0.2) is 9.84 Å². The summed E-state index contributed by atoms with van der Waals surface area (Å²) in [5, 5.41) is 0. The molecule has 92 valence electrons. The van der Waals surface area contributed by atoms with Gasteiger partial charge < -0.3 is 5.73 Å². The molecule has 0 aromatic heterocycles. The van der Waals surface area contributed by atoms with Crippen LogP contribution in [-0.4, -0.2) is 19.2 Å². The fraction of sp³-hybridized carbons (Fsp3) is 0.250. The van der Waals surface area contributed by atoms with Gasteiger partial charge in [0.05, 0.1) is 11.5 Å². The van der Waals surface area contributed by atoms with Gasteiger partial charge in [0, 0.05) is 5.56 Å². The summed E-state index contributed by atoms with van der Waals surface area (Å²) >= 11 is 4.85. The van der Waals surface area contributed by atoms with E-state index in [1.165, 1.54) is 0 Å². The topological polar surface area (TPSA) is 60.2 Å².